The van der Waals surface area contributed by atoms with Gasteiger partial charge in [0.15, 0.2) is 0 Å². The van der Waals surface area contributed by atoms with Crippen LogP contribution in [-0.4, -0.2) is 68.1 Å². The van der Waals surface area contributed by atoms with Crippen LogP contribution in [0.15, 0.2) is 48.5 Å². The topological polar surface area (TPSA) is 59.1 Å². The number of carbonyl (C=O) groups is 2. The van der Waals surface area contributed by atoms with E-state index in [1.807, 2.05) is 60.4 Å². The van der Waals surface area contributed by atoms with Gasteiger partial charge in [-0.1, -0.05) is 36.4 Å². The molecule has 6 nitrogen and oxygen atoms in total. The van der Waals surface area contributed by atoms with Crippen molar-refractivity contribution in [1.29, 1.82) is 0 Å². The minimum atomic E-state index is -0.492. The van der Waals surface area contributed by atoms with Crippen molar-refractivity contribution in [1.82, 2.24) is 9.80 Å². The highest BCUT2D eigenvalue weighted by atomic mass is 16.5. The van der Waals surface area contributed by atoms with Gasteiger partial charge in [0.25, 0.3) is 0 Å². The molecule has 154 valence electrons. The summed E-state index contributed by atoms with van der Waals surface area (Å²) in [6.45, 7) is 3.70. The Morgan fingerprint density at radius 1 is 1.07 bits per heavy atom. The first-order chi connectivity index (χ1) is 14.1. The maximum atomic E-state index is 12.9. The number of hydrogen-bond acceptors (Lipinski definition) is 4. The number of carbonyl (C=O) groups excluding carboxylic acids is 2. The molecule has 6 heteroatoms. The smallest absolute Gasteiger partial charge is 0.249 e. The number of rotatable bonds is 7. The van der Waals surface area contributed by atoms with Gasteiger partial charge in [-0.05, 0) is 35.7 Å². The fourth-order valence-corrected chi connectivity index (χ4v) is 3.71. The first kappa shape index (κ1) is 20.9. The van der Waals surface area contributed by atoms with Crippen LogP contribution in [0.2, 0.25) is 0 Å². The molecule has 1 saturated heterocycles. The van der Waals surface area contributed by atoms with Crippen LogP contribution in [0.1, 0.15) is 12.5 Å². The number of methoxy groups -OCH3 is 2. The summed E-state index contributed by atoms with van der Waals surface area (Å²) in [5.41, 5.74) is 3.16. The quantitative estimate of drug-likeness (QED) is 0.722. The second kappa shape index (κ2) is 9.56. The summed E-state index contributed by atoms with van der Waals surface area (Å²) in [5.74, 6) is 0.668. The minimum absolute atomic E-state index is 0.0000697. The van der Waals surface area contributed by atoms with E-state index < -0.39 is 6.04 Å². The third kappa shape index (κ3) is 4.77. The van der Waals surface area contributed by atoms with E-state index >= 15 is 0 Å². The van der Waals surface area contributed by atoms with Gasteiger partial charge < -0.3 is 19.3 Å². The summed E-state index contributed by atoms with van der Waals surface area (Å²) < 4.78 is 10.3. The van der Waals surface area contributed by atoms with Crippen LogP contribution in [0.25, 0.3) is 11.1 Å². The van der Waals surface area contributed by atoms with Crippen LogP contribution in [0.5, 0.6) is 5.75 Å². The number of piperazine rings is 1. The molecule has 1 aliphatic heterocycles. The lowest BCUT2D eigenvalue weighted by atomic mass is 9.98. The van der Waals surface area contributed by atoms with Gasteiger partial charge in [0.2, 0.25) is 11.8 Å². The van der Waals surface area contributed by atoms with Gasteiger partial charge in [-0.25, -0.2) is 0 Å². The van der Waals surface area contributed by atoms with E-state index in [0.717, 1.165) is 22.4 Å². The third-order valence-electron chi connectivity index (χ3n) is 5.34. The number of ether oxygens (including phenoxy) is 2. The van der Waals surface area contributed by atoms with Gasteiger partial charge in [-0.2, -0.15) is 0 Å². The molecule has 2 aromatic carbocycles. The highest BCUT2D eigenvalue weighted by Gasteiger charge is 2.36. The van der Waals surface area contributed by atoms with E-state index in [-0.39, 0.29) is 18.4 Å². The largest absolute Gasteiger partial charge is 0.497 e. The molecule has 1 atom stereocenters. The van der Waals surface area contributed by atoms with Crippen molar-refractivity contribution in [2.75, 3.05) is 40.5 Å². The molecule has 3 rings (SSSR count). The molecule has 0 saturated carbocycles. The van der Waals surface area contributed by atoms with E-state index in [9.17, 15) is 9.59 Å². The van der Waals surface area contributed by atoms with Crippen LogP contribution >= 0.6 is 0 Å². The van der Waals surface area contributed by atoms with E-state index in [2.05, 4.69) is 0 Å². The fraction of sp³-hybridized carbons (Fsp3) is 0.391. The lowest BCUT2D eigenvalue weighted by Crippen LogP contribution is -2.60. The summed E-state index contributed by atoms with van der Waals surface area (Å²) in [4.78, 5) is 28.8. The number of nitrogens with zero attached hydrogens (tertiary/aromatic N) is 2. The van der Waals surface area contributed by atoms with Gasteiger partial charge in [0.05, 0.1) is 7.11 Å². The van der Waals surface area contributed by atoms with Crippen molar-refractivity contribution >= 4 is 11.8 Å². The predicted octanol–water partition coefficient (Wildman–Crippen LogP) is 2.61. The first-order valence-electron chi connectivity index (χ1n) is 9.88. The summed E-state index contributed by atoms with van der Waals surface area (Å²) in [6, 6.07) is 15.5. The molecule has 0 aliphatic carbocycles. The number of hydrogen-bond donors (Lipinski definition) is 0. The van der Waals surface area contributed by atoms with Crippen molar-refractivity contribution in [3.63, 3.8) is 0 Å². The summed E-state index contributed by atoms with van der Waals surface area (Å²) in [7, 11) is 3.15. The Balaban J connectivity index is 1.79. The second-order valence-electron chi connectivity index (χ2n) is 7.09. The molecular weight excluding hydrogens is 368 g/mol. The normalized spacial score (nSPS) is 16.8. The molecule has 0 spiro atoms. The Labute approximate surface area is 172 Å². The fourth-order valence-electron chi connectivity index (χ4n) is 3.71. The molecule has 0 N–H and O–H groups in total. The van der Waals surface area contributed by atoms with Gasteiger partial charge >= 0.3 is 0 Å². The number of amides is 2. The van der Waals surface area contributed by atoms with Gasteiger partial charge in [-0.15, -0.1) is 0 Å². The Hall–Kier alpha value is -2.86. The Bertz CT molecular complexity index is 850. The first-order valence-corrected chi connectivity index (χ1v) is 9.88. The number of benzene rings is 2. The van der Waals surface area contributed by atoms with Gasteiger partial charge in [0.1, 0.15) is 18.4 Å². The lowest BCUT2D eigenvalue weighted by molar-refractivity contribution is -0.153. The van der Waals surface area contributed by atoms with Crippen molar-refractivity contribution in [3.8, 4) is 16.9 Å². The molecular formula is C23H28N2O4. The van der Waals surface area contributed by atoms with Crippen molar-refractivity contribution in [3.05, 3.63) is 54.1 Å². The average Bonchev–Trinajstić information content (AvgIpc) is 2.75. The van der Waals surface area contributed by atoms with Crippen LogP contribution in [-0.2, 0) is 20.7 Å². The molecule has 2 aromatic rings. The SMILES string of the molecule is CCN1CCN(C(=O)COC)[C@@H](Cc2ccc(-c3cccc(OC)c3)cc2)C1=O. The highest BCUT2D eigenvalue weighted by Crippen LogP contribution is 2.25. The zero-order valence-electron chi connectivity index (χ0n) is 17.3. The van der Waals surface area contributed by atoms with Crippen LogP contribution in [0, 0.1) is 0 Å². The van der Waals surface area contributed by atoms with Crippen LogP contribution in [0.4, 0.5) is 0 Å². The van der Waals surface area contributed by atoms with E-state index in [0.29, 0.717) is 26.1 Å². The molecule has 1 aliphatic rings. The molecule has 1 heterocycles. The third-order valence-corrected chi connectivity index (χ3v) is 5.34. The standard InChI is InChI=1S/C23H28N2O4/c1-4-24-12-13-25(22(26)16-28-2)21(23(24)27)14-17-8-10-18(11-9-17)19-6-5-7-20(15-19)29-3/h5-11,15,21H,4,12-14,16H2,1-3H3/t21-/m0/s1. The highest BCUT2D eigenvalue weighted by molar-refractivity contribution is 5.89. The number of likely N-dealkylation sites (N-methyl/N-ethyl adjacent to an activating group) is 1. The second-order valence-corrected chi connectivity index (χ2v) is 7.09. The minimum Gasteiger partial charge on any atom is -0.497 e. The Morgan fingerprint density at radius 2 is 1.83 bits per heavy atom. The summed E-state index contributed by atoms with van der Waals surface area (Å²) in [6.07, 6.45) is 0.489. The predicted molar refractivity (Wildman–Crippen MR) is 112 cm³/mol. The van der Waals surface area contributed by atoms with Crippen molar-refractivity contribution < 1.29 is 19.1 Å². The molecule has 2 amide bonds. The summed E-state index contributed by atoms with van der Waals surface area (Å²) >= 11 is 0. The zero-order chi connectivity index (χ0) is 20.8. The zero-order valence-corrected chi connectivity index (χ0v) is 17.3. The maximum absolute atomic E-state index is 12.9. The van der Waals surface area contributed by atoms with Crippen molar-refractivity contribution in [2.45, 2.75) is 19.4 Å². The monoisotopic (exact) mass is 396 g/mol. The molecule has 0 bridgehead atoms. The molecule has 0 unspecified atom stereocenters. The van der Waals surface area contributed by atoms with E-state index in [1.165, 1.54) is 7.11 Å². The lowest BCUT2D eigenvalue weighted by Gasteiger charge is -2.40. The molecule has 0 aromatic heterocycles. The van der Waals surface area contributed by atoms with Gasteiger partial charge in [-0.3, -0.25) is 9.59 Å². The van der Waals surface area contributed by atoms with E-state index in [4.69, 9.17) is 9.47 Å². The van der Waals surface area contributed by atoms with Gasteiger partial charge in [0, 0.05) is 33.2 Å². The Kier molecular flexibility index (Phi) is 6.88. The Morgan fingerprint density at radius 3 is 2.48 bits per heavy atom. The average molecular weight is 396 g/mol. The maximum Gasteiger partial charge on any atom is 0.249 e. The van der Waals surface area contributed by atoms with E-state index in [1.54, 1.807) is 12.0 Å². The molecule has 1 fully saturated rings. The van der Waals surface area contributed by atoms with Crippen molar-refractivity contribution in [2.24, 2.45) is 0 Å². The molecule has 0 radical (unpaired) electrons. The van der Waals surface area contributed by atoms with Crippen LogP contribution in [0.3, 0.4) is 0 Å². The molecule has 29 heavy (non-hydrogen) atoms. The summed E-state index contributed by atoms with van der Waals surface area (Å²) in [5, 5.41) is 0. The van der Waals surface area contributed by atoms with Crippen LogP contribution < -0.4 is 4.74 Å².